The Hall–Kier alpha value is -0.600. The molecule has 0 aliphatic heterocycles. The zero-order valence-corrected chi connectivity index (χ0v) is 9.39. The van der Waals surface area contributed by atoms with Crippen LogP contribution in [0, 0.1) is 0 Å². The molecule has 0 spiro atoms. The molecule has 0 saturated carbocycles. The summed E-state index contributed by atoms with van der Waals surface area (Å²) in [4.78, 5) is 10.4. The summed E-state index contributed by atoms with van der Waals surface area (Å²) in [6.07, 6.45) is 2.60. The van der Waals surface area contributed by atoms with E-state index in [1.807, 2.05) is 12.1 Å². The molecular weight excluding hydrogens is 251 g/mol. The van der Waals surface area contributed by atoms with Crippen LogP contribution in [0.4, 0.5) is 0 Å². The van der Waals surface area contributed by atoms with E-state index in [0.717, 1.165) is 16.3 Å². The maximum absolute atomic E-state index is 10.4. The van der Waals surface area contributed by atoms with Gasteiger partial charge in [0.25, 0.3) is 0 Å². The van der Waals surface area contributed by atoms with Crippen molar-refractivity contribution in [2.45, 2.75) is 6.92 Å². The molecule has 0 saturated heterocycles. The lowest BCUT2D eigenvalue weighted by atomic mass is 10.1. The van der Waals surface area contributed by atoms with Gasteiger partial charge in [0.15, 0.2) is 0 Å². The molecule has 0 bridgehead atoms. The van der Waals surface area contributed by atoms with Crippen molar-refractivity contribution in [1.29, 1.82) is 0 Å². The summed E-state index contributed by atoms with van der Waals surface area (Å²) in [6.45, 7) is 1.75. The molecule has 1 rings (SSSR count). The highest BCUT2D eigenvalue weighted by atomic mass is 79.9. The van der Waals surface area contributed by atoms with Crippen molar-refractivity contribution in [3.8, 4) is 0 Å². The van der Waals surface area contributed by atoms with E-state index in [1.165, 1.54) is 0 Å². The molecule has 0 radical (unpaired) electrons. The summed E-state index contributed by atoms with van der Waals surface area (Å²) in [5.74, 6) is 0. The number of halogens is 2. The van der Waals surface area contributed by atoms with Crippen LogP contribution in [0.3, 0.4) is 0 Å². The highest BCUT2D eigenvalue weighted by Gasteiger charge is 1.96. The molecular formula is C10H8BrClO. The number of benzene rings is 1. The molecule has 0 N–H and O–H groups in total. The number of hydrogen-bond donors (Lipinski definition) is 0. The predicted octanol–water partition coefficient (Wildman–Crippen LogP) is 3.70. The Morgan fingerprint density at radius 1 is 1.54 bits per heavy atom. The molecule has 0 aromatic heterocycles. The average molecular weight is 260 g/mol. The minimum Gasteiger partial charge on any atom is -0.298 e. The summed E-state index contributed by atoms with van der Waals surface area (Å²) in [5.41, 5.74) is 1.61. The molecule has 0 amide bonds. The Morgan fingerprint density at radius 2 is 2.23 bits per heavy atom. The summed E-state index contributed by atoms with van der Waals surface area (Å²) < 4.78 is 0.857. The van der Waals surface area contributed by atoms with E-state index >= 15 is 0 Å². The molecule has 3 heteroatoms. The first-order valence-corrected chi connectivity index (χ1v) is 4.89. The Balaban J connectivity index is 3.04. The zero-order valence-electron chi connectivity index (χ0n) is 7.05. The van der Waals surface area contributed by atoms with E-state index < -0.39 is 0 Å². The SMILES string of the molecule is C/C(C=O)=C/c1ccc(Br)c(Cl)c1. The second kappa shape index (κ2) is 4.58. The van der Waals surface area contributed by atoms with Crippen molar-refractivity contribution in [3.05, 3.63) is 38.8 Å². The number of aldehydes is 1. The molecule has 0 aliphatic rings. The highest BCUT2D eigenvalue weighted by Crippen LogP contribution is 2.23. The van der Waals surface area contributed by atoms with Crippen LogP contribution >= 0.6 is 27.5 Å². The third-order valence-corrected chi connectivity index (χ3v) is 2.76. The van der Waals surface area contributed by atoms with Crippen LogP contribution in [0.15, 0.2) is 28.2 Å². The van der Waals surface area contributed by atoms with Gasteiger partial charge in [-0.3, -0.25) is 4.79 Å². The Kier molecular flexibility index (Phi) is 3.70. The quantitative estimate of drug-likeness (QED) is 0.584. The summed E-state index contributed by atoms with van der Waals surface area (Å²) in [7, 11) is 0. The standard InChI is InChI=1S/C10H8BrClO/c1-7(6-13)4-8-2-3-9(11)10(12)5-8/h2-6H,1H3/b7-4-. The second-order valence-corrected chi connectivity index (χ2v) is 3.94. The molecule has 0 aliphatic carbocycles. The number of carbonyl (C=O) groups is 1. The van der Waals surface area contributed by atoms with Crippen molar-refractivity contribution in [1.82, 2.24) is 0 Å². The molecule has 0 fully saturated rings. The fourth-order valence-electron chi connectivity index (χ4n) is 0.899. The van der Waals surface area contributed by atoms with E-state index in [-0.39, 0.29) is 0 Å². The first-order chi connectivity index (χ1) is 6.13. The molecule has 0 heterocycles. The lowest BCUT2D eigenvalue weighted by molar-refractivity contribution is -0.104. The van der Waals surface area contributed by atoms with Crippen molar-refractivity contribution in [2.75, 3.05) is 0 Å². The molecule has 0 atom stereocenters. The lowest BCUT2D eigenvalue weighted by Crippen LogP contribution is -1.78. The van der Waals surface area contributed by atoms with Gasteiger partial charge in [0.1, 0.15) is 6.29 Å². The van der Waals surface area contributed by atoms with Crippen molar-refractivity contribution >= 4 is 39.9 Å². The van der Waals surface area contributed by atoms with Gasteiger partial charge in [0.2, 0.25) is 0 Å². The smallest absolute Gasteiger partial charge is 0.145 e. The van der Waals surface area contributed by atoms with Crippen molar-refractivity contribution in [3.63, 3.8) is 0 Å². The number of rotatable bonds is 2. The van der Waals surface area contributed by atoms with Crippen LogP contribution in [-0.2, 0) is 4.79 Å². The van der Waals surface area contributed by atoms with Gasteiger partial charge < -0.3 is 0 Å². The van der Waals surface area contributed by atoms with E-state index in [1.54, 1.807) is 19.1 Å². The topological polar surface area (TPSA) is 17.1 Å². The van der Waals surface area contributed by atoms with Crippen LogP contribution in [0.2, 0.25) is 5.02 Å². The van der Waals surface area contributed by atoms with Crippen molar-refractivity contribution < 1.29 is 4.79 Å². The van der Waals surface area contributed by atoms with Gasteiger partial charge in [0, 0.05) is 4.47 Å². The maximum Gasteiger partial charge on any atom is 0.145 e. The fraction of sp³-hybridized carbons (Fsp3) is 0.100. The van der Waals surface area contributed by atoms with E-state index in [2.05, 4.69) is 15.9 Å². The van der Waals surface area contributed by atoms with Gasteiger partial charge in [-0.2, -0.15) is 0 Å². The van der Waals surface area contributed by atoms with Gasteiger partial charge in [-0.05, 0) is 52.2 Å². The van der Waals surface area contributed by atoms with E-state index in [0.29, 0.717) is 10.6 Å². The molecule has 68 valence electrons. The van der Waals surface area contributed by atoms with Crippen LogP contribution in [0.25, 0.3) is 6.08 Å². The van der Waals surface area contributed by atoms with Crippen LogP contribution in [0.5, 0.6) is 0 Å². The lowest BCUT2D eigenvalue weighted by Gasteiger charge is -1.97. The van der Waals surface area contributed by atoms with Gasteiger partial charge >= 0.3 is 0 Å². The number of carbonyl (C=O) groups excluding carboxylic acids is 1. The fourth-order valence-corrected chi connectivity index (χ4v) is 1.33. The maximum atomic E-state index is 10.4. The monoisotopic (exact) mass is 258 g/mol. The minimum atomic E-state index is 0.646. The summed E-state index contributed by atoms with van der Waals surface area (Å²) in [5, 5.41) is 0.646. The normalized spacial score (nSPS) is 11.5. The van der Waals surface area contributed by atoms with Gasteiger partial charge in [0.05, 0.1) is 5.02 Å². The number of hydrogen-bond acceptors (Lipinski definition) is 1. The van der Waals surface area contributed by atoms with E-state index in [9.17, 15) is 4.79 Å². The molecule has 1 aromatic carbocycles. The van der Waals surface area contributed by atoms with Crippen molar-refractivity contribution in [2.24, 2.45) is 0 Å². The second-order valence-electron chi connectivity index (χ2n) is 2.68. The van der Waals surface area contributed by atoms with Crippen LogP contribution < -0.4 is 0 Å². The first kappa shape index (κ1) is 10.5. The van der Waals surface area contributed by atoms with Gasteiger partial charge in [-0.1, -0.05) is 17.7 Å². The summed E-state index contributed by atoms with van der Waals surface area (Å²) in [6, 6.07) is 5.55. The third-order valence-electron chi connectivity index (χ3n) is 1.52. The predicted molar refractivity (Wildman–Crippen MR) is 58.9 cm³/mol. The Bertz CT molecular complexity index is 358. The molecule has 13 heavy (non-hydrogen) atoms. The highest BCUT2D eigenvalue weighted by molar-refractivity contribution is 9.10. The first-order valence-electron chi connectivity index (χ1n) is 3.72. The van der Waals surface area contributed by atoms with E-state index in [4.69, 9.17) is 11.6 Å². The number of allylic oxidation sites excluding steroid dienone is 1. The minimum absolute atomic E-state index is 0.646. The van der Waals surface area contributed by atoms with Gasteiger partial charge in [-0.25, -0.2) is 0 Å². The van der Waals surface area contributed by atoms with Gasteiger partial charge in [-0.15, -0.1) is 0 Å². The largest absolute Gasteiger partial charge is 0.298 e. The van der Waals surface area contributed by atoms with Crippen LogP contribution in [0.1, 0.15) is 12.5 Å². The average Bonchev–Trinajstić information content (AvgIpc) is 2.11. The summed E-state index contributed by atoms with van der Waals surface area (Å²) >= 11 is 9.17. The Morgan fingerprint density at radius 3 is 2.77 bits per heavy atom. The molecule has 1 aromatic rings. The molecule has 1 nitrogen and oxygen atoms in total. The zero-order chi connectivity index (χ0) is 9.84. The molecule has 0 unspecified atom stereocenters. The Labute approximate surface area is 90.5 Å². The third kappa shape index (κ3) is 2.98. The van der Waals surface area contributed by atoms with Crippen LogP contribution in [-0.4, -0.2) is 6.29 Å².